The molecule has 7 heteroatoms. The number of nitrogens with one attached hydrogen (secondary N) is 2. The summed E-state index contributed by atoms with van der Waals surface area (Å²) in [4.78, 5) is 44.5. The number of amides is 3. The van der Waals surface area contributed by atoms with Crippen LogP contribution in [0.4, 0.5) is 0 Å². The molecule has 1 saturated heterocycles. The highest BCUT2D eigenvalue weighted by Gasteiger charge is 2.28. The lowest BCUT2D eigenvalue weighted by Crippen LogP contribution is -2.52. The minimum absolute atomic E-state index is 0.177. The van der Waals surface area contributed by atoms with Crippen LogP contribution in [-0.4, -0.2) is 36.3 Å². The molecule has 17 heavy (non-hydrogen) atoms. The second kappa shape index (κ2) is 5.97. The largest absolute Gasteiger partial charge is 0.466 e. The maximum Gasteiger partial charge on any atom is 0.315 e. The number of piperidine rings is 1. The van der Waals surface area contributed by atoms with Gasteiger partial charge in [-0.05, 0) is 13.3 Å². The van der Waals surface area contributed by atoms with E-state index in [1.54, 1.807) is 6.92 Å². The van der Waals surface area contributed by atoms with Gasteiger partial charge in [0.05, 0.1) is 6.61 Å². The summed E-state index contributed by atoms with van der Waals surface area (Å²) in [7, 11) is 0. The van der Waals surface area contributed by atoms with Crippen molar-refractivity contribution < 1.29 is 23.9 Å². The summed E-state index contributed by atoms with van der Waals surface area (Å²) in [6.07, 6.45) is 0.000885. The Morgan fingerprint density at radius 1 is 1.47 bits per heavy atom. The van der Waals surface area contributed by atoms with Crippen molar-refractivity contribution in [3.63, 3.8) is 0 Å². The number of hydrogen-bond donors (Lipinski definition) is 2. The van der Waals surface area contributed by atoms with E-state index in [-0.39, 0.29) is 25.4 Å². The van der Waals surface area contributed by atoms with Crippen LogP contribution in [0.25, 0.3) is 0 Å². The Morgan fingerprint density at radius 2 is 2.18 bits per heavy atom. The maximum atomic E-state index is 11.3. The highest BCUT2D eigenvalue weighted by Crippen LogP contribution is 2.04. The van der Waals surface area contributed by atoms with E-state index in [0.717, 1.165) is 0 Å². The average molecular weight is 242 g/mol. The molecule has 0 aromatic carbocycles. The topological polar surface area (TPSA) is 102 Å². The zero-order valence-electron chi connectivity index (χ0n) is 9.45. The summed E-state index contributed by atoms with van der Waals surface area (Å²) in [5, 5.41) is 4.48. The summed E-state index contributed by atoms with van der Waals surface area (Å²) in [5.41, 5.74) is 0. The molecule has 1 unspecified atom stereocenters. The molecule has 1 atom stereocenters. The number of ether oxygens (including phenoxy) is 1. The van der Waals surface area contributed by atoms with Gasteiger partial charge in [0.25, 0.3) is 0 Å². The molecule has 0 radical (unpaired) electrons. The van der Waals surface area contributed by atoms with E-state index in [1.165, 1.54) is 0 Å². The molecule has 1 heterocycles. The molecule has 3 amide bonds. The van der Waals surface area contributed by atoms with E-state index in [0.29, 0.717) is 0 Å². The first-order valence-corrected chi connectivity index (χ1v) is 5.31. The predicted octanol–water partition coefficient (Wildman–Crippen LogP) is -1.14. The lowest BCUT2D eigenvalue weighted by molar-refractivity contribution is -0.147. The van der Waals surface area contributed by atoms with Crippen LogP contribution in [0.2, 0.25) is 0 Å². The van der Waals surface area contributed by atoms with Gasteiger partial charge in [0, 0.05) is 6.42 Å². The molecule has 1 rings (SSSR count). The normalized spacial score (nSPS) is 19.5. The first kappa shape index (κ1) is 13.1. The minimum Gasteiger partial charge on any atom is -0.466 e. The Hall–Kier alpha value is -1.92. The Labute approximate surface area is 97.9 Å². The van der Waals surface area contributed by atoms with E-state index >= 15 is 0 Å². The van der Waals surface area contributed by atoms with Crippen molar-refractivity contribution in [2.24, 2.45) is 0 Å². The zero-order chi connectivity index (χ0) is 12.8. The highest BCUT2D eigenvalue weighted by molar-refractivity contribution is 6.03. The Balaban J connectivity index is 2.38. The van der Waals surface area contributed by atoms with Gasteiger partial charge in [0.1, 0.15) is 12.5 Å². The third-order valence-corrected chi connectivity index (χ3v) is 2.18. The lowest BCUT2D eigenvalue weighted by Gasteiger charge is -2.21. The van der Waals surface area contributed by atoms with Crippen molar-refractivity contribution >= 4 is 23.7 Å². The molecule has 0 aliphatic carbocycles. The summed E-state index contributed by atoms with van der Waals surface area (Å²) in [6, 6.07) is -0.755. The summed E-state index contributed by atoms with van der Waals surface area (Å²) in [6.45, 7) is 1.83. The van der Waals surface area contributed by atoms with Gasteiger partial charge in [-0.3, -0.25) is 24.5 Å². The van der Waals surface area contributed by atoms with Gasteiger partial charge in [0.15, 0.2) is 0 Å². The van der Waals surface area contributed by atoms with Crippen LogP contribution in [0, 0.1) is 0 Å². The lowest BCUT2D eigenvalue weighted by atomic mass is 10.1. The van der Waals surface area contributed by atoms with Crippen LogP contribution in [0.5, 0.6) is 0 Å². The number of carbonyl (C=O) groups is 4. The van der Waals surface area contributed by atoms with Crippen molar-refractivity contribution in [2.75, 3.05) is 6.61 Å². The Morgan fingerprint density at radius 3 is 2.76 bits per heavy atom. The molecule has 1 aliphatic rings. The minimum atomic E-state index is -0.755. The Bertz CT molecular complexity index is 353. The maximum absolute atomic E-state index is 11.3. The molecule has 0 bridgehead atoms. The molecule has 0 aromatic rings. The smallest absolute Gasteiger partial charge is 0.315 e. The van der Waals surface area contributed by atoms with E-state index < -0.39 is 30.2 Å². The first-order valence-electron chi connectivity index (χ1n) is 5.31. The molecular weight excluding hydrogens is 228 g/mol. The van der Waals surface area contributed by atoms with Gasteiger partial charge in [0.2, 0.25) is 17.7 Å². The molecule has 2 N–H and O–H groups in total. The van der Waals surface area contributed by atoms with Gasteiger partial charge in [-0.25, -0.2) is 0 Å². The third kappa shape index (κ3) is 4.21. The number of esters is 1. The quantitative estimate of drug-likeness (QED) is 0.368. The van der Waals surface area contributed by atoms with Gasteiger partial charge in [-0.1, -0.05) is 0 Å². The molecule has 1 fully saturated rings. The molecule has 0 aromatic heterocycles. The van der Waals surface area contributed by atoms with Crippen molar-refractivity contribution in [2.45, 2.75) is 32.2 Å². The monoisotopic (exact) mass is 242 g/mol. The summed E-state index contributed by atoms with van der Waals surface area (Å²) < 4.78 is 4.59. The highest BCUT2D eigenvalue weighted by atomic mass is 16.5. The third-order valence-electron chi connectivity index (χ3n) is 2.18. The van der Waals surface area contributed by atoms with E-state index in [1.807, 2.05) is 0 Å². The van der Waals surface area contributed by atoms with Crippen LogP contribution in [-0.2, 0) is 23.9 Å². The van der Waals surface area contributed by atoms with Crippen molar-refractivity contribution in [3.05, 3.63) is 0 Å². The van der Waals surface area contributed by atoms with Crippen LogP contribution in [0.3, 0.4) is 0 Å². The van der Waals surface area contributed by atoms with Crippen molar-refractivity contribution in [1.29, 1.82) is 0 Å². The van der Waals surface area contributed by atoms with E-state index in [9.17, 15) is 19.2 Å². The van der Waals surface area contributed by atoms with Gasteiger partial charge in [-0.15, -0.1) is 0 Å². The average Bonchev–Trinajstić information content (AvgIpc) is 2.22. The van der Waals surface area contributed by atoms with Crippen LogP contribution < -0.4 is 10.6 Å². The second-order valence-corrected chi connectivity index (χ2v) is 3.55. The zero-order valence-corrected chi connectivity index (χ0v) is 9.45. The molecule has 1 aliphatic heterocycles. The van der Waals surface area contributed by atoms with Gasteiger partial charge in [-0.2, -0.15) is 0 Å². The SMILES string of the molecule is CCOC(=O)CC(=O)NC1CCC(=O)NC1=O. The van der Waals surface area contributed by atoms with Crippen LogP contribution in [0.1, 0.15) is 26.2 Å². The van der Waals surface area contributed by atoms with Crippen molar-refractivity contribution in [3.8, 4) is 0 Å². The van der Waals surface area contributed by atoms with Crippen LogP contribution in [0.15, 0.2) is 0 Å². The second-order valence-electron chi connectivity index (χ2n) is 3.55. The number of rotatable bonds is 4. The predicted molar refractivity (Wildman–Crippen MR) is 55.6 cm³/mol. The molecule has 0 spiro atoms. The molecule has 94 valence electrons. The Kier molecular flexibility index (Phi) is 4.62. The standard InChI is InChI=1S/C10H14N2O5/c1-2-17-9(15)5-8(14)11-6-3-4-7(13)12-10(6)16/h6H,2-5H2,1H3,(H,11,14)(H,12,13,16). The number of hydrogen-bond acceptors (Lipinski definition) is 5. The number of imide groups is 1. The van der Waals surface area contributed by atoms with Gasteiger partial charge < -0.3 is 10.1 Å². The number of carbonyl (C=O) groups excluding carboxylic acids is 4. The summed E-state index contributed by atoms with van der Waals surface area (Å²) >= 11 is 0. The van der Waals surface area contributed by atoms with Crippen molar-refractivity contribution in [1.82, 2.24) is 10.6 Å². The molecule has 0 saturated carbocycles. The fourth-order valence-corrected chi connectivity index (χ4v) is 1.42. The van der Waals surface area contributed by atoms with Gasteiger partial charge >= 0.3 is 5.97 Å². The fraction of sp³-hybridized carbons (Fsp3) is 0.600. The molecular formula is C10H14N2O5. The van der Waals surface area contributed by atoms with E-state index in [4.69, 9.17) is 0 Å². The fourth-order valence-electron chi connectivity index (χ4n) is 1.42. The van der Waals surface area contributed by atoms with Crippen LogP contribution >= 0.6 is 0 Å². The molecule has 7 nitrogen and oxygen atoms in total. The van der Waals surface area contributed by atoms with E-state index in [2.05, 4.69) is 15.4 Å². The first-order chi connectivity index (χ1) is 8.02. The summed E-state index contributed by atoms with van der Waals surface area (Å²) in [5.74, 6) is -2.13.